The molecule has 0 heterocycles. The predicted molar refractivity (Wildman–Crippen MR) is 68.3 cm³/mol. The average molecular weight is 250 g/mol. The van der Waals surface area contributed by atoms with Crippen molar-refractivity contribution in [1.29, 1.82) is 0 Å². The molecule has 1 rings (SSSR count). The maximum Gasteiger partial charge on any atom is 0.336 e. The van der Waals surface area contributed by atoms with Crippen molar-refractivity contribution in [3.05, 3.63) is 34.4 Å². The number of aryl methyl sites for hydroxylation is 1. The van der Waals surface area contributed by atoms with Crippen LogP contribution in [0, 0.1) is 12.3 Å². The lowest BCUT2D eigenvalue weighted by atomic mass is 9.83. The Morgan fingerprint density at radius 1 is 1.11 bits per heavy atom. The normalized spacial score (nSPS) is 11.3. The van der Waals surface area contributed by atoms with Gasteiger partial charge in [0.25, 0.3) is 0 Å². The first-order valence-electron chi connectivity index (χ1n) is 5.72. The van der Waals surface area contributed by atoms with E-state index < -0.39 is 11.9 Å². The Labute approximate surface area is 106 Å². The molecular formula is C14H18O4. The van der Waals surface area contributed by atoms with E-state index >= 15 is 0 Å². The molecule has 0 radical (unpaired) electrons. The summed E-state index contributed by atoms with van der Waals surface area (Å²) in [5.41, 5.74) is 1.08. The second-order valence-electron chi connectivity index (χ2n) is 5.63. The van der Waals surface area contributed by atoms with Crippen LogP contribution in [0.2, 0.25) is 0 Å². The smallest absolute Gasteiger partial charge is 0.336 e. The minimum absolute atomic E-state index is 0.0857. The van der Waals surface area contributed by atoms with E-state index in [0.717, 1.165) is 5.56 Å². The molecule has 0 atom stereocenters. The van der Waals surface area contributed by atoms with Gasteiger partial charge in [-0.3, -0.25) is 0 Å². The Morgan fingerprint density at radius 2 is 1.67 bits per heavy atom. The van der Waals surface area contributed by atoms with Crippen LogP contribution in [0.3, 0.4) is 0 Å². The maximum atomic E-state index is 11.3. The third-order valence-corrected chi connectivity index (χ3v) is 2.70. The zero-order valence-electron chi connectivity index (χ0n) is 11.1. The van der Waals surface area contributed by atoms with Crippen molar-refractivity contribution in [3.8, 4) is 0 Å². The van der Waals surface area contributed by atoms with Crippen LogP contribution in [0.1, 0.15) is 52.6 Å². The molecule has 1 aromatic rings. The zero-order chi connectivity index (χ0) is 14.1. The molecule has 4 heteroatoms. The molecule has 0 aliphatic rings. The molecule has 1 aromatic carbocycles. The van der Waals surface area contributed by atoms with Crippen LogP contribution in [0.15, 0.2) is 12.1 Å². The molecule has 0 aromatic heterocycles. The van der Waals surface area contributed by atoms with Gasteiger partial charge in [-0.05, 0) is 36.0 Å². The highest BCUT2D eigenvalue weighted by molar-refractivity contribution is 6.03. The second kappa shape index (κ2) is 4.80. The molecule has 0 unspecified atom stereocenters. The molecule has 0 amide bonds. The molecule has 98 valence electrons. The zero-order valence-corrected chi connectivity index (χ0v) is 11.1. The summed E-state index contributed by atoms with van der Waals surface area (Å²) in [6, 6.07) is 3.02. The van der Waals surface area contributed by atoms with Crippen molar-refractivity contribution in [2.24, 2.45) is 5.41 Å². The molecule has 0 saturated carbocycles. The van der Waals surface area contributed by atoms with E-state index in [-0.39, 0.29) is 16.5 Å². The number of carboxylic acid groups (broad SMARTS) is 2. The lowest BCUT2D eigenvalue weighted by Gasteiger charge is -2.22. The van der Waals surface area contributed by atoms with E-state index in [1.165, 1.54) is 6.07 Å². The van der Waals surface area contributed by atoms with Crippen LogP contribution in [0.25, 0.3) is 0 Å². The summed E-state index contributed by atoms with van der Waals surface area (Å²) in [5.74, 6) is -2.39. The minimum Gasteiger partial charge on any atom is -0.478 e. The van der Waals surface area contributed by atoms with Crippen LogP contribution in [-0.4, -0.2) is 22.2 Å². The van der Waals surface area contributed by atoms with E-state index in [0.29, 0.717) is 12.0 Å². The standard InChI is InChI=1S/C14H18O4/c1-8-5-6-9(12(15)16)11(13(17)18)10(8)7-14(2,3)4/h5-6H,7H2,1-4H3,(H,15,16)(H,17,18). The Kier molecular flexibility index (Phi) is 3.79. The highest BCUT2D eigenvalue weighted by atomic mass is 16.4. The summed E-state index contributed by atoms with van der Waals surface area (Å²) in [4.78, 5) is 22.4. The molecule has 0 bridgehead atoms. The highest BCUT2D eigenvalue weighted by Crippen LogP contribution is 2.27. The van der Waals surface area contributed by atoms with Gasteiger partial charge in [-0.15, -0.1) is 0 Å². The van der Waals surface area contributed by atoms with Crippen LogP contribution in [-0.2, 0) is 6.42 Å². The monoisotopic (exact) mass is 250 g/mol. The number of carboxylic acids is 2. The summed E-state index contributed by atoms with van der Waals surface area (Å²) >= 11 is 0. The van der Waals surface area contributed by atoms with Crippen LogP contribution < -0.4 is 0 Å². The average Bonchev–Trinajstić information content (AvgIpc) is 2.17. The van der Waals surface area contributed by atoms with Crippen molar-refractivity contribution in [3.63, 3.8) is 0 Å². The number of hydrogen-bond donors (Lipinski definition) is 2. The van der Waals surface area contributed by atoms with Gasteiger partial charge < -0.3 is 10.2 Å². The van der Waals surface area contributed by atoms with Gasteiger partial charge in [-0.2, -0.15) is 0 Å². The molecule has 0 spiro atoms. The lowest BCUT2D eigenvalue weighted by molar-refractivity contribution is 0.0650. The van der Waals surface area contributed by atoms with Gasteiger partial charge in [0, 0.05) is 0 Å². The Balaban J connectivity index is 3.51. The predicted octanol–water partition coefficient (Wildman–Crippen LogP) is 2.98. The SMILES string of the molecule is Cc1ccc(C(=O)O)c(C(=O)O)c1CC(C)(C)C. The largest absolute Gasteiger partial charge is 0.478 e. The molecule has 0 saturated heterocycles. The molecule has 18 heavy (non-hydrogen) atoms. The summed E-state index contributed by atoms with van der Waals surface area (Å²) in [6.07, 6.45) is 0.529. The van der Waals surface area contributed by atoms with E-state index in [1.807, 2.05) is 20.8 Å². The van der Waals surface area contributed by atoms with Crippen LogP contribution in [0.5, 0.6) is 0 Å². The third-order valence-electron chi connectivity index (χ3n) is 2.70. The van der Waals surface area contributed by atoms with Crippen molar-refractivity contribution in [2.45, 2.75) is 34.1 Å². The Morgan fingerprint density at radius 3 is 2.06 bits per heavy atom. The first-order chi connectivity index (χ1) is 8.13. The minimum atomic E-state index is -1.21. The van der Waals surface area contributed by atoms with Crippen molar-refractivity contribution in [2.75, 3.05) is 0 Å². The maximum absolute atomic E-state index is 11.3. The Bertz CT molecular complexity index is 495. The van der Waals surface area contributed by atoms with Crippen LogP contribution in [0.4, 0.5) is 0 Å². The fraction of sp³-hybridized carbons (Fsp3) is 0.429. The van der Waals surface area contributed by atoms with Gasteiger partial charge in [0.15, 0.2) is 0 Å². The van der Waals surface area contributed by atoms with Gasteiger partial charge in [0.05, 0.1) is 11.1 Å². The number of aromatic carboxylic acids is 2. The first kappa shape index (κ1) is 14.2. The highest BCUT2D eigenvalue weighted by Gasteiger charge is 2.24. The summed E-state index contributed by atoms with van der Waals surface area (Å²) < 4.78 is 0. The number of carbonyl (C=O) groups is 2. The molecule has 2 N–H and O–H groups in total. The summed E-state index contributed by atoms with van der Waals surface area (Å²) in [5, 5.41) is 18.3. The Hall–Kier alpha value is -1.84. The van der Waals surface area contributed by atoms with E-state index in [2.05, 4.69) is 0 Å². The summed E-state index contributed by atoms with van der Waals surface area (Å²) in [7, 11) is 0. The van der Waals surface area contributed by atoms with E-state index in [4.69, 9.17) is 5.11 Å². The van der Waals surface area contributed by atoms with Gasteiger partial charge in [-0.1, -0.05) is 26.8 Å². The van der Waals surface area contributed by atoms with Gasteiger partial charge in [0.1, 0.15) is 0 Å². The van der Waals surface area contributed by atoms with Crippen molar-refractivity contribution >= 4 is 11.9 Å². The summed E-state index contributed by atoms with van der Waals surface area (Å²) in [6.45, 7) is 7.78. The molecule has 4 nitrogen and oxygen atoms in total. The number of benzene rings is 1. The van der Waals surface area contributed by atoms with E-state index in [1.54, 1.807) is 13.0 Å². The second-order valence-corrected chi connectivity index (χ2v) is 5.63. The topological polar surface area (TPSA) is 74.6 Å². The number of hydrogen-bond acceptors (Lipinski definition) is 2. The third kappa shape index (κ3) is 3.09. The van der Waals surface area contributed by atoms with Gasteiger partial charge in [-0.25, -0.2) is 9.59 Å². The van der Waals surface area contributed by atoms with E-state index in [9.17, 15) is 14.7 Å². The fourth-order valence-electron chi connectivity index (χ4n) is 1.93. The number of rotatable bonds is 3. The molecule has 0 aliphatic carbocycles. The van der Waals surface area contributed by atoms with Crippen molar-refractivity contribution < 1.29 is 19.8 Å². The van der Waals surface area contributed by atoms with Crippen LogP contribution >= 0.6 is 0 Å². The van der Waals surface area contributed by atoms with Gasteiger partial charge in [0.2, 0.25) is 0 Å². The first-order valence-corrected chi connectivity index (χ1v) is 5.72. The van der Waals surface area contributed by atoms with Gasteiger partial charge >= 0.3 is 11.9 Å². The molecule has 0 fully saturated rings. The van der Waals surface area contributed by atoms with Crippen molar-refractivity contribution in [1.82, 2.24) is 0 Å². The quantitative estimate of drug-likeness (QED) is 0.864. The lowest BCUT2D eigenvalue weighted by Crippen LogP contribution is -2.18. The molecule has 0 aliphatic heterocycles. The molecular weight excluding hydrogens is 232 g/mol. The fourth-order valence-corrected chi connectivity index (χ4v) is 1.93.